The minimum absolute atomic E-state index is 0.0508. The zero-order valence-corrected chi connectivity index (χ0v) is 10.2. The van der Waals surface area contributed by atoms with Gasteiger partial charge in [0.25, 0.3) is 0 Å². The van der Waals surface area contributed by atoms with Crippen molar-refractivity contribution in [2.24, 2.45) is 0 Å². The van der Waals surface area contributed by atoms with Crippen molar-refractivity contribution in [3.05, 3.63) is 42.5 Å². The highest BCUT2D eigenvalue weighted by Gasteiger charge is 2.14. The summed E-state index contributed by atoms with van der Waals surface area (Å²) in [5.74, 6) is 0.684. The first-order valence-electron chi connectivity index (χ1n) is 5.46. The fraction of sp³-hybridized carbons (Fsp3) is 0.308. The molecule has 0 unspecified atom stereocenters. The molecule has 0 atom stereocenters. The summed E-state index contributed by atoms with van der Waals surface area (Å²) < 4.78 is 5.48. The van der Waals surface area contributed by atoms with E-state index in [1.165, 1.54) is 0 Å². The highest BCUT2D eigenvalue weighted by molar-refractivity contribution is 5.22. The molecule has 17 heavy (non-hydrogen) atoms. The summed E-state index contributed by atoms with van der Waals surface area (Å²) in [4.78, 5) is 12.3. The number of hydrogen-bond acceptors (Lipinski definition) is 4. The van der Waals surface area contributed by atoms with E-state index in [-0.39, 0.29) is 5.41 Å². The Bertz CT molecular complexity index is 474. The van der Waals surface area contributed by atoms with Crippen LogP contribution >= 0.6 is 0 Å². The minimum atomic E-state index is 0.0508. The molecule has 0 fully saturated rings. The molecule has 2 heterocycles. The summed E-state index contributed by atoms with van der Waals surface area (Å²) in [6, 6.07) is 3.88. The van der Waals surface area contributed by atoms with E-state index >= 15 is 0 Å². The molecule has 0 radical (unpaired) electrons. The second-order valence-corrected chi connectivity index (χ2v) is 4.79. The summed E-state index contributed by atoms with van der Waals surface area (Å²) in [7, 11) is 0. The highest BCUT2D eigenvalue weighted by Crippen LogP contribution is 2.22. The molecule has 0 aliphatic heterocycles. The van der Waals surface area contributed by atoms with Gasteiger partial charge in [0.15, 0.2) is 0 Å². The molecule has 0 aliphatic carbocycles. The summed E-state index contributed by atoms with van der Waals surface area (Å²) in [5, 5.41) is 0. The van der Waals surface area contributed by atoms with Gasteiger partial charge in [0.2, 0.25) is 0 Å². The molecule has 4 heteroatoms. The summed E-state index contributed by atoms with van der Waals surface area (Å²) in [6.07, 6.45) is 6.92. The normalized spacial score (nSPS) is 11.2. The molecule has 4 nitrogen and oxygen atoms in total. The van der Waals surface area contributed by atoms with Gasteiger partial charge in [0.1, 0.15) is 5.75 Å². The van der Waals surface area contributed by atoms with Crippen LogP contribution in [0.1, 0.15) is 26.3 Å². The molecule has 2 aromatic rings. The van der Waals surface area contributed by atoms with Gasteiger partial charge in [-0.15, -0.1) is 0 Å². The molecule has 0 saturated heterocycles. The maximum Gasteiger partial charge on any atom is 0.321 e. The third kappa shape index (κ3) is 3.00. The van der Waals surface area contributed by atoms with Crippen molar-refractivity contribution in [2.75, 3.05) is 0 Å². The van der Waals surface area contributed by atoms with Gasteiger partial charge in [-0.2, -0.15) is 0 Å². The third-order valence-electron chi connectivity index (χ3n) is 2.35. The molecule has 0 N–H and O–H groups in total. The van der Waals surface area contributed by atoms with Crippen molar-refractivity contribution < 1.29 is 4.74 Å². The molecule has 0 aromatic carbocycles. The molecular weight excluding hydrogens is 214 g/mol. The molecular formula is C13H15N3O. The van der Waals surface area contributed by atoms with Crippen molar-refractivity contribution in [3.8, 4) is 11.8 Å². The number of aromatic nitrogens is 3. The van der Waals surface area contributed by atoms with Crippen LogP contribution in [0.25, 0.3) is 0 Å². The van der Waals surface area contributed by atoms with Gasteiger partial charge in [-0.3, -0.25) is 4.98 Å². The van der Waals surface area contributed by atoms with E-state index in [0.717, 1.165) is 5.56 Å². The van der Waals surface area contributed by atoms with E-state index in [0.29, 0.717) is 11.8 Å². The van der Waals surface area contributed by atoms with Gasteiger partial charge in [-0.25, -0.2) is 9.97 Å². The second-order valence-electron chi connectivity index (χ2n) is 4.79. The largest absolute Gasteiger partial charge is 0.424 e. The molecule has 0 spiro atoms. The Kier molecular flexibility index (Phi) is 3.04. The van der Waals surface area contributed by atoms with Crippen LogP contribution in [-0.2, 0) is 5.41 Å². The second kappa shape index (κ2) is 4.49. The summed E-state index contributed by atoms with van der Waals surface area (Å²) >= 11 is 0. The van der Waals surface area contributed by atoms with Gasteiger partial charge in [0.05, 0.1) is 0 Å². The maximum atomic E-state index is 5.48. The third-order valence-corrected chi connectivity index (χ3v) is 2.35. The Morgan fingerprint density at radius 1 is 1.00 bits per heavy atom. The van der Waals surface area contributed by atoms with E-state index in [2.05, 4.69) is 35.7 Å². The maximum absolute atomic E-state index is 5.48. The van der Waals surface area contributed by atoms with Gasteiger partial charge in [-0.05, 0) is 23.1 Å². The molecule has 2 rings (SSSR count). The van der Waals surface area contributed by atoms with Crippen molar-refractivity contribution in [1.82, 2.24) is 15.0 Å². The van der Waals surface area contributed by atoms with Crippen molar-refractivity contribution >= 4 is 0 Å². The Hall–Kier alpha value is -1.97. The van der Waals surface area contributed by atoms with Crippen molar-refractivity contribution in [3.63, 3.8) is 0 Å². The fourth-order valence-corrected chi connectivity index (χ4v) is 1.27. The van der Waals surface area contributed by atoms with Crippen LogP contribution in [-0.4, -0.2) is 15.0 Å². The zero-order valence-electron chi connectivity index (χ0n) is 10.2. The molecule has 0 bridgehead atoms. The monoisotopic (exact) mass is 229 g/mol. The van der Waals surface area contributed by atoms with Crippen molar-refractivity contribution in [1.29, 1.82) is 0 Å². The first-order valence-corrected chi connectivity index (χ1v) is 5.46. The van der Waals surface area contributed by atoms with Crippen LogP contribution in [0, 0.1) is 0 Å². The first-order chi connectivity index (χ1) is 8.05. The predicted molar refractivity (Wildman–Crippen MR) is 65.0 cm³/mol. The number of nitrogens with zero attached hydrogens (tertiary/aromatic N) is 3. The molecule has 0 saturated carbocycles. The van der Waals surface area contributed by atoms with E-state index < -0.39 is 0 Å². The molecule has 88 valence electrons. The minimum Gasteiger partial charge on any atom is -0.424 e. The molecule has 0 aliphatic rings. The lowest BCUT2D eigenvalue weighted by atomic mass is 9.89. The van der Waals surface area contributed by atoms with E-state index in [4.69, 9.17) is 4.74 Å². The van der Waals surface area contributed by atoms with E-state index in [9.17, 15) is 0 Å². The number of ether oxygens (including phenoxy) is 1. The predicted octanol–water partition coefficient (Wildman–Crippen LogP) is 2.96. The lowest BCUT2D eigenvalue weighted by Gasteiger charge is -2.17. The van der Waals surface area contributed by atoms with Crippen LogP contribution < -0.4 is 4.74 Å². The Balaban J connectivity index is 2.14. The van der Waals surface area contributed by atoms with Gasteiger partial charge < -0.3 is 4.74 Å². The number of rotatable bonds is 2. The lowest BCUT2D eigenvalue weighted by Crippen LogP contribution is -2.12. The topological polar surface area (TPSA) is 47.9 Å². The fourth-order valence-electron chi connectivity index (χ4n) is 1.27. The smallest absolute Gasteiger partial charge is 0.321 e. The van der Waals surface area contributed by atoms with Gasteiger partial charge >= 0.3 is 6.01 Å². The molecule has 0 amide bonds. The Morgan fingerprint density at radius 2 is 1.59 bits per heavy atom. The number of pyridine rings is 1. The first kappa shape index (κ1) is 11.5. The SMILES string of the molecule is CC(C)(C)c1cnc(Oc2ccncc2)nc1. The quantitative estimate of drug-likeness (QED) is 0.794. The van der Waals surface area contributed by atoms with Gasteiger partial charge in [0, 0.05) is 24.8 Å². The summed E-state index contributed by atoms with van der Waals surface area (Å²) in [6.45, 7) is 6.36. The number of hydrogen-bond donors (Lipinski definition) is 0. The average molecular weight is 229 g/mol. The highest BCUT2D eigenvalue weighted by atomic mass is 16.5. The Morgan fingerprint density at radius 3 is 2.12 bits per heavy atom. The summed E-state index contributed by atoms with van der Waals surface area (Å²) in [5.41, 5.74) is 1.13. The van der Waals surface area contributed by atoms with Crippen LogP contribution in [0.2, 0.25) is 0 Å². The van der Waals surface area contributed by atoms with Crippen molar-refractivity contribution in [2.45, 2.75) is 26.2 Å². The van der Waals surface area contributed by atoms with Crippen LogP contribution in [0.15, 0.2) is 36.9 Å². The standard InChI is InChI=1S/C13H15N3O/c1-13(2,3)10-8-15-12(16-9-10)17-11-4-6-14-7-5-11/h4-9H,1-3H3. The van der Waals surface area contributed by atoms with Crippen LogP contribution in [0.5, 0.6) is 11.8 Å². The van der Waals surface area contributed by atoms with Gasteiger partial charge in [-0.1, -0.05) is 20.8 Å². The zero-order chi connectivity index (χ0) is 12.3. The van der Waals surface area contributed by atoms with E-state index in [1.54, 1.807) is 36.9 Å². The van der Waals surface area contributed by atoms with Crippen LogP contribution in [0.3, 0.4) is 0 Å². The molecule has 2 aromatic heterocycles. The van der Waals surface area contributed by atoms with Crippen LogP contribution in [0.4, 0.5) is 0 Å². The average Bonchev–Trinajstić information content (AvgIpc) is 2.30. The Labute approximate surface area is 101 Å². The van der Waals surface area contributed by atoms with E-state index in [1.807, 2.05) is 0 Å². The lowest BCUT2D eigenvalue weighted by molar-refractivity contribution is 0.438.